The first-order valence-electron chi connectivity index (χ1n) is 8.63. The van der Waals surface area contributed by atoms with Crippen molar-refractivity contribution >= 4 is 34.0 Å². The van der Waals surface area contributed by atoms with E-state index in [-0.39, 0.29) is 6.61 Å². The van der Waals surface area contributed by atoms with Crippen molar-refractivity contribution in [1.82, 2.24) is 4.98 Å². The molecular weight excluding hydrogens is 380 g/mol. The number of esters is 1. The molecule has 3 aromatic rings. The smallest absolute Gasteiger partial charge is 0.341 e. The molecule has 0 aliphatic heterocycles. The van der Waals surface area contributed by atoms with Gasteiger partial charge in [0.2, 0.25) is 0 Å². The first-order valence-corrected chi connectivity index (χ1v) is 10.6. The van der Waals surface area contributed by atoms with E-state index < -0.39 is 17.0 Å². The number of aryl methyl sites for hydroxylation is 3. The van der Waals surface area contributed by atoms with Crippen LogP contribution in [0.2, 0.25) is 0 Å². The van der Waals surface area contributed by atoms with E-state index in [1.165, 1.54) is 0 Å². The Bertz CT molecular complexity index is 990. The lowest BCUT2D eigenvalue weighted by Crippen LogP contribution is -2.13. The number of nitrogens with one attached hydrogen (secondary N) is 2. The van der Waals surface area contributed by atoms with E-state index in [4.69, 9.17) is 4.74 Å². The first-order chi connectivity index (χ1) is 12.9. The predicted molar refractivity (Wildman–Crippen MR) is 111 cm³/mol. The molecular formula is C20H22N2O3S2. The van der Waals surface area contributed by atoms with Crippen molar-refractivity contribution < 1.29 is 13.7 Å². The summed E-state index contributed by atoms with van der Waals surface area (Å²) in [7, 11) is -1.59. The minimum absolute atomic E-state index is 0.270. The highest BCUT2D eigenvalue weighted by atomic mass is 32.2. The maximum absolute atomic E-state index is 13.1. The van der Waals surface area contributed by atoms with Crippen molar-refractivity contribution in [2.24, 2.45) is 0 Å². The van der Waals surface area contributed by atoms with Gasteiger partial charge in [0.25, 0.3) is 0 Å². The molecule has 1 atom stereocenters. The van der Waals surface area contributed by atoms with E-state index >= 15 is 0 Å². The zero-order valence-electron chi connectivity index (χ0n) is 15.7. The highest BCUT2D eigenvalue weighted by Gasteiger charge is 2.25. The Morgan fingerprint density at radius 2 is 1.89 bits per heavy atom. The van der Waals surface area contributed by atoms with Crippen molar-refractivity contribution in [3.8, 4) is 10.4 Å². The first kappa shape index (κ1) is 19.4. The van der Waals surface area contributed by atoms with E-state index in [2.05, 4.69) is 9.71 Å². The van der Waals surface area contributed by atoms with Crippen LogP contribution in [0.15, 0.2) is 41.3 Å². The van der Waals surface area contributed by atoms with Gasteiger partial charge >= 0.3 is 5.97 Å². The molecule has 0 radical (unpaired) electrons. The lowest BCUT2D eigenvalue weighted by Gasteiger charge is -2.08. The van der Waals surface area contributed by atoms with Gasteiger partial charge < -0.3 is 9.72 Å². The normalized spacial score (nSPS) is 12.0. The third-order valence-electron chi connectivity index (χ3n) is 4.16. The Kier molecular flexibility index (Phi) is 5.82. The molecule has 0 spiro atoms. The highest BCUT2D eigenvalue weighted by molar-refractivity contribution is 7.86. The number of benzene rings is 1. The molecule has 0 saturated carbocycles. The summed E-state index contributed by atoms with van der Waals surface area (Å²) in [6.45, 7) is 7.59. The third-order valence-corrected chi connectivity index (χ3v) is 6.55. The maximum atomic E-state index is 13.1. The Morgan fingerprint density at radius 3 is 2.56 bits per heavy atom. The third kappa shape index (κ3) is 3.99. The molecule has 27 heavy (non-hydrogen) atoms. The molecule has 0 fully saturated rings. The molecule has 2 aromatic heterocycles. The standard InChI is InChI=1S/C20H22N2O3S2/c1-5-25-20(23)18-12(2)21-13(3)19(18)27(24)22-16-11-17(26-14(16)4)15-9-7-6-8-10-15/h6-11,21-22H,5H2,1-4H3. The SMILES string of the molecule is CCOC(=O)c1c(C)[nH]c(C)c1S(=O)Nc1cc(-c2ccccc2)sc1C. The Labute approximate surface area is 165 Å². The number of hydrogen-bond acceptors (Lipinski definition) is 4. The second-order valence-electron chi connectivity index (χ2n) is 6.12. The summed E-state index contributed by atoms with van der Waals surface area (Å²) in [5.41, 5.74) is 3.60. The molecule has 7 heteroatoms. The molecule has 3 rings (SSSR count). The molecule has 2 N–H and O–H groups in total. The van der Waals surface area contributed by atoms with Crippen LogP contribution < -0.4 is 4.72 Å². The number of H-pyrrole nitrogens is 1. The summed E-state index contributed by atoms with van der Waals surface area (Å²) in [4.78, 5) is 18.0. The van der Waals surface area contributed by atoms with E-state index in [0.717, 1.165) is 21.0 Å². The van der Waals surface area contributed by atoms with E-state index in [0.29, 0.717) is 21.8 Å². The van der Waals surface area contributed by atoms with Crippen LogP contribution in [0.1, 0.15) is 33.5 Å². The molecule has 0 aliphatic carbocycles. The molecule has 0 amide bonds. The van der Waals surface area contributed by atoms with Gasteiger partial charge in [0.05, 0.1) is 22.8 Å². The molecule has 5 nitrogen and oxygen atoms in total. The average Bonchev–Trinajstić information content (AvgIpc) is 3.15. The fourth-order valence-corrected chi connectivity index (χ4v) is 5.23. The fourth-order valence-electron chi connectivity index (χ4n) is 2.92. The minimum atomic E-state index is -1.59. The van der Waals surface area contributed by atoms with Crippen LogP contribution in [-0.4, -0.2) is 21.8 Å². The van der Waals surface area contributed by atoms with Crippen molar-refractivity contribution in [1.29, 1.82) is 0 Å². The number of carbonyl (C=O) groups is 1. The molecule has 1 unspecified atom stereocenters. The topological polar surface area (TPSA) is 71.2 Å². The molecule has 0 saturated heterocycles. The van der Waals surface area contributed by atoms with Crippen molar-refractivity contribution in [2.45, 2.75) is 32.6 Å². The number of anilines is 1. The maximum Gasteiger partial charge on any atom is 0.341 e. The Morgan fingerprint density at radius 1 is 1.19 bits per heavy atom. The van der Waals surface area contributed by atoms with E-state index in [9.17, 15) is 9.00 Å². The largest absolute Gasteiger partial charge is 0.462 e. The van der Waals surface area contributed by atoms with Gasteiger partial charge in [0.1, 0.15) is 0 Å². The predicted octanol–water partition coefficient (Wildman–Crippen LogP) is 4.98. The van der Waals surface area contributed by atoms with Crippen molar-refractivity contribution in [3.05, 3.63) is 58.2 Å². The quantitative estimate of drug-likeness (QED) is 0.571. The second-order valence-corrected chi connectivity index (χ2v) is 8.52. The number of ether oxygens (including phenoxy) is 1. The van der Waals surface area contributed by atoms with Crippen LogP contribution >= 0.6 is 11.3 Å². The molecule has 0 bridgehead atoms. The lowest BCUT2D eigenvalue weighted by molar-refractivity contribution is 0.0521. The number of carbonyl (C=O) groups excluding carboxylic acids is 1. The summed E-state index contributed by atoms with van der Waals surface area (Å²) in [6.07, 6.45) is 0. The van der Waals surface area contributed by atoms with Crippen LogP contribution in [0.3, 0.4) is 0 Å². The average molecular weight is 403 g/mol. The summed E-state index contributed by atoms with van der Waals surface area (Å²) >= 11 is 1.64. The number of rotatable bonds is 6. The Balaban J connectivity index is 1.91. The zero-order valence-corrected chi connectivity index (χ0v) is 17.3. The number of aromatic nitrogens is 1. The number of thiophene rings is 1. The van der Waals surface area contributed by atoms with Gasteiger partial charge in [-0.15, -0.1) is 11.3 Å². The fraction of sp³-hybridized carbons (Fsp3) is 0.250. The number of hydrogen-bond donors (Lipinski definition) is 2. The zero-order chi connectivity index (χ0) is 19.6. The Hall–Kier alpha value is -2.38. The molecule has 142 valence electrons. The molecule has 0 aliphatic rings. The number of aromatic amines is 1. The van der Waals surface area contributed by atoms with Crippen LogP contribution in [0.4, 0.5) is 5.69 Å². The van der Waals surface area contributed by atoms with E-state index in [1.807, 2.05) is 43.3 Å². The van der Waals surface area contributed by atoms with Crippen LogP contribution in [0.25, 0.3) is 10.4 Å². The van der Waals surface area contributed by atoms with Crippen LogP contribution in [0.5, 0.6) is 0 Å². The van der Waals surface area contributed by atoms with Crippen LogP contribution in [-0.2, 0) is 15.7 Å². The monoisotopic (exact) mass is 402 g/mol. The van der Waals surface area contributed by atoms with Gasteiger partial charge in [-0.1, -0.05) is 30.3 Å². The summed E-state index contributed by atoms with van der Waals surface area (Å²) in [5, 5.41) is 0. The lowest BCUT2D eigenvalue weighted by atomic mass is 10.2. The van der Waals surface area contributed by atoms with Gasteiger partial charge in [-0.25, -0.2) is 9.00 Å². The van der Waals surface area contributed by atoms with Gasteiger partial charge in [-0.2, -0.15) is 0 Å². The van der Waals surface area contributed by atoms with Gasteiger partial charge in [0.15, 0.2) is 11.0 Å². The van der Waals surface area contributed by atoms with Gasteiger partial charge in [0, 0.05) is 21.1 Å². The van der Waals surface area contributed by atoms with E-state index in [1.54, 1.807) is 32.1 Å². The second kappa shape index (κ2) is 8.10. The van der Waals surface area contributed by atoms with Crippen molar-refractivity contribution in [3.63, 3.8) is 0 Å². The summed E-state index contributed by atoms with van der Waals surface area (Å²) in [5.74, 6) is -0.462. The van der Waals surface area contributed by atoms with Crippen LogP contribution in [0, 0.1) is 20.8 Å². The summed E-state index contributed by atoms with van der Waals surface area (Å²) < 4.78 is 21.2. The molecule has 2 heterocycles. The van der Waals surface area contributed by atoms with Crippen molar-refractivity contribution in [2.75, 3.05) is 11.3 Å². The van der Waals surface area contributed by atoms with Gasteiger partial charge in [-0.05, 0) is 39.3 Å². The summed E-state index contributed by atoms with van der Waals surface area (Å²) in [6, 6.07) is 12.0. The minimum Gasteiger partial charge on any atom is -0.462 e. The molecule has 1 aromatic carbocycles. The van der Waals surface area contributed by atoms with Gasteiger partial charge in [-0.3, -0.25) is 4.72 Å². The highest BCUT2D eigenvalue weighted by Crippen LogP contribution is 2.35.